The molecule has 0 unspecified atom stereocenters. The first-order valence-corrected chi connectivity index (χ1v) is 11.8. The number of fused-ring (bicyclic) bond motifs is 1. The number of ether oxygens (including phenoxy) is 2. The highest BCUT2D eigenvalue weighted by molar-refractivity contribution is 7.98. The number of imide groups is 1. The van der Waals surface area contributed by atoms with E-state index in [1.807, 2.05) is 0 Å². The van der Waals surface area contributed by atoms with Crippen LogP contribution in [0.25, 0.3) is 0 Å². The Morgan fingerprint density at radius 1 is 1.23 bits per heavy atom. The molecule has 3 amide bonds. The fourth-order valence-electron chi connectivity index (χ4n) is 4.08. The largest absolute Gasteiger partial charge is 0.495 e. The summed E-state index contributed by atoms with van der Waals surface area (Å²) in [5.41, 5.74) is 0.418. The first-order chi connectivity index (χ1) is 14.9. The average molecular weight is 469 g/mol. The zero-order valence-corrected chi connectivity index (χ0v) is 19.0. The number of thioether (sulfide) groups is 1. The molecule has 1 aromatic rings. The van der Waals surface area contributed by atoms with Crippen molar-refractivity contribution in [2.24, 2.45) is 11.8 Å². The van der Waals surface area contributed by atoms with E-state index in [-0.39, 0.29) is 29.4 Å². The third-order valence-electron chi connectivity index (χ3n) is 5.56. The molecule has 2 aliphatic rings. The number of likely N-dealkylation sites (tertiary alicyclic amines) is 1. The van der Waals surface area contributed by atoms with Crippen molar-refractivity contribution in [2.75, 3.05) is 31.0 Å². The Hall–Kier alpha value is -2.26. The van der Waals surface area contributed by atoms with Crippen molar-refractivity contribution in [1.82, 2.24) is 4.90 Å². The molecule has 8 nitrogen and oxygen atoms in total. The molecule has 1 aliphatic carbocycles. The molecule has 1 N–H and O–H groups in total. The summed E-state index contributed by atoms with van der Waals surface area (Å²) in [4.78, 5) is 51.6. The third-order valence-corrected chi connectivity index (χ3v) is 6.51. The normalized spacial score (nSPS) is 21.5. The topological polar surface area (TPSA) is 102 Å². The van der Waals surface area contributed by atoms with Gasteiger partial charge in [-0.3, -0.25) is 19.3 Å². The summed E-state index contributed by atoms with van der Waals surface area (Å²) in [5, 5.41) is 2.90. The van der Waals surface area contributed by atoms with Crippen LogP contribution in [-0.2, 0) is 23.9 Å². The molecule has 1 saturated heterocycles. The van der Waals surface area contributed by atoms with Crippen LogP contribution in [-0.4, -0.2) is 60.4 Å². The van der Waals surface area contributed by atoms with Gasteiger partial charge in [0.2, 0.25) is 11.8 Å². The molecular formula is C21H25ClN2O6S. The smallest absolute Gasteiger partial charge is 0.330 e. The summed E-state index contributed by atoms with van der Waals surface area (Å²) in [6.45, 7) is -0.545. The van der Waals surface area contributed by atoms with Crippen LogP contribution >= 0.6 is 23.4 Å². The Morgan fingerprint density at radius 2 is 1.87 bits per heavy atom. The van der Waals surface area contributed by atoms with Crippen LogP contribution in [0.2, 0.25) is 5.02 Å². The Morgan fingerprint density at radius 3 is 2.42 bits per heavy atom. The van der Waals surface area contributed by atoms with Gasteiger partial charge in [-0.25, -0.2) is 4.79 Å². The highest BCUT2D eigenvalue weighted by Crippen LogP contribution is 2.39. The van der Waals surface area contributed by atoms with E-state index in [1.165, 1.54) is 24.9 Å². The maximum Gasteiger partial charge on any atom is 0.330 e. The number of rotatable bonds is 8. The number of amides is 3. The fraction of sp³-hybridized carbons (Fsp3) is 0.524. The second kappa shape index (κ2) is 10.4. The lowest BCUT2D eigenvalue weighted by molar-refractivity contribution is -0.158. The molecule has 0 bridgehead atoms. The number of hydrogen-bond acceptors (Lipinski definition) is 7. The van der Waals surface area contributed by atoms with Gasteiger partial charge in [-0.15, -0.1) is 0 Å². The van der Waals surface area contributed by atoms with Gasteiger partial charge < -0.3 is 14.8 Å². The quantitative estimate of drug-likeness (QED) is 0.462. The molecule has 1 aliphatic heterocycles. The van der Waals surface area contributed by atoms with E-state index in [4.69, 9.17) is 21.1 Å². The van der Waals surface area contributed by atoms with Crippen LogP contribution in [0.3, 0.4) is 0 Å². The molecule has 10 heteroatoms. The first-order valence-electron chi connectivity index (χ1n) is 10.0. The number of esters is 1. The van der Waals surface area contributed by atoms with Crippen molar-refractivity contribution < 1.29 is 28.7 Å². The number of hydrogen-bond donors (Lipinski definition) is 1. The van der Waals surface area contributed by atoms with Crippen molar-refractivity contribution in [3.8, 4) is 5.75 Å². The Bertz CT molecular complexity index is 855. The molecule has 0 spiro atoms. The van der Waals surface area contributed by atoms with Crippen LogP contribution in [0.4, 0.5) is 5.69 Å². The van der Waals surface area contributed by atoms with E-state index >= 15 is 0 Å². The minimum Gasteiger partial charge on any atom is -0.495 e. The van der Waals surface area contributed by atoms with Crippen molar-refractivity contribution in [1.29, 1.82) is 0 Å². The van der Waals surface area contributed by atoms with Gasteiger partial charge in [0.25, 0.3) is 5.91 Å². The van der Waals surface area contributed by atoms with Crippen molar-refractivity contribution in [2.45, 2.75) is 31.7 Å². The predicted octanol–water partition coefficient (Wildman–Crippen LogP) is 2.74. The number of carbonyl (C=O) groups is 4. The number of nitrogens with zero attached hydrogens (tertiary/aromatic N) is 1. The van der Waals surface area contributed by atoms with Crippen molar-refractivity contribution in [3.63, 3.8) is 0 Å². The van der Waals surface area contributed by atoms with Gasteiger partial charge in [0.05, 0.1) is 24.0 Å². The minimum absolute atomic E-state index is 0.214. The van der Waals surface area contributed by atoms with Crippen LogP contribution in [0.1, 0.15) is 25.7 Å². The lowest BCUT2D eigenvalue weighted by Crippen LogP contribution is -2.48. The number of nitrogens with one attached hydrogen (secondary N) is 1. The van der Waals surface area contributed by atoms with E-state index in [9.17, 15) is 19.2 Å². The summed E-state index contributed by atoms with van der Waals surface area (Å²) in [6, 6.07) is 3.68. The Kier molecular flexibility index (Phi) is 7.83. The lowest BCUT2D eigenvalue weighted by Gasteiger charge is -2.24. The van der Waals surface area contributed by atoms with Crippen LogP contribution in [0, 0.1) is 11.8 Å². The molecule has 168 valence electrons. The minimum atomic E-state index is -1.04. The molecule has 0 aromatic heterocycles. The predicted molar refractivity (Wildman–Crippen MR) is 117 cm³/mol. The summed E-state index contributed by atoms with van der Waals surface area (Å²) in [5.74, 6) is -1.95. The second-order valence-electron chi connectivity index (χ2n) is 7.52. The molecule has 31 heavy (non-hydrogen) atoms. The van der Waals surface area contributed by atoms with Gasteiger partial charge >= 0.3 is 5.97 Å². The molecule has 2 fully saturated rings. The summed E-state index contributed by atoms with van der Waals surface area (Å²) >= 11 is 7.37. The standard InChI is InChI=1S/C21H25ClN2O6S/c1-29-17-8-7-12(9-15(17)22)23-18(25)10-30-21(28)16(11-31-2)24-19(26)13-5-3-4-6-14(13)20(24)27/h7-9,13-14,16H,3-6,10-11H2,1-2H3,(H,23,25)/t13-,14-,16+/m1/s1. The summed E-state index contributed by atoms with van der Waals surface area (Å²) in [6.07, 6.45) is 4.92. The van der Waals surface area contributed by atoms with E-state index < -0.39 is 24.5 Å². The van der Waals surface area contributed by atoms with Gasteiger partial charge in [0.15, 0.2) is 6.61 Å². The molecule has 1 aromatic carbocycles. The SMILES string of the molecule is COc1ccc(NC(=O)COC(=O)[C@H](CSC)N2C(=O)[C@@H]3CCCC[C@H]3C2=O)cc1Cl. The number of benzene rings is 1. The van der Waals surface area contributed by atoms with Crippen molar-refractivity contribution >= 4 is 52.7 Å². The van der Waals surface area contributed by atoms with E-state index in [2.05, 4.69) is 5.32 Å². The Balaban J connectivity index is 1.61. The van der Waals surface area contributed by atoms with E-state index in [0.29, 0.717) is 29.3 Å². The zero-order valence-electron chi connectivity index (χ0n) is 17.4. The summed E-state index contributed by atoms with van der Waals surface area (Å²) < 4.78 is 10.2. The molecule has 1 heterocycles. The van der Waals surface area contributed by atoms with Crippen LogP contribution in [0.5, 0.6) is 5.75 Å². The monoisotopic (exact) mass is 468 g/mol. The highest BCUT2D eigenvalue weighted by atomic mass is 35.5. The number of carbonyl (C=O) groups excluding carboxylic acids is 4. The average Bonchev–Trinajstić information content (AvgIpc) is 3.01. The second-order valence-corrected chi connectivity index (χ2v) is 8.84. The first kappa shape index (κ1) is 23.4. The molecule has 0 radical (unpaired) electrons. The number of anilines is 1. The molecule has 3 rings (SSSR count). The van der Waals surface area contributed by atoms with Crippen LogP contribution < -0.4 is 10.1 Å². The third kappa shape index (κ3) is 5.15. The lowest BCUT2D eigenvalue weighted by atomic mass is 9.81. The van der Waals surface area contributed by atoms with E-state index in [1.54, 1.807) is 18.4 Å². The zero-order chi connectivity index (χ0) is 22.5. The van der Waals surface area contributed by atoms with Gasteiger partial charge in [-0.1, -0.05) is 24.4 Å². The maximum atomic E-state index is 12.8. The van der Waals surface area contributed by atoms with Gasteiger partial charge in [0.1, 0.15) is 11.8 Å². The highest BCUT2D eigenvalue weighted by Gasteiger charge is 2.52. The maximum absolute atomic E-state index is 12.8. The van der Waals surface area contributed by atoms with E-state index in [0.717, 1.165) is 17.7 Å². The van der Waals surface area contributed by atoms with Crippen LogP contribution in [0.15, 0.2) is 18.2 Å². The molecule has 3 atom stereocenters. The molecular weight excluding hydrogens is 444 g/mol. The van der Waals surface area contributed by atoms with Crippen molar-refractivity contribution in [3.05, 3.63) is 23.2 Å². The van der Waals surface area contributed by atoms with Gasteiger partial charge in [-0.2, -0.15) is 11.8 Å². The van der Waals surface area contributed by atoms with Gasteiger partial charge in [-0.05, 0) is 37.3 Å². The summed E-state index contributed by atoms with van der Waals surface area (Å²) in [7, 11) is 1.48. The number of methoxy groups -OCH3 is 1. The Labute approximate surface area is 190 Å². The van der Waals surface area contributed by atoms with Gasteiger partial charge in [0, 0.05) is 11.4 Å². The number of halogens is 1. The molecule has 1 saturated carbocycles. The fourth-order valence-corrected chi connectivity index (χ4v) is 4.93.